The van der Waals surface area contributed by atoms with Crippen LogP contribution in [0.15, 0.2) is 0 Å². The summed E-state index contributed by atoms with van der Waals surface area (Å²) in [5.74, 6) is 0.430. The molecule has 2 heterocycles. The van der Waals surface area contributed by atoms with Crippen LogP contribution in [0.25, 0.3) is 0 Å². The molecule has 6 heteroatoms. The van der Waals surface area contributed by atoms with E-state index >= 15 is 0 Å². The van der Waals surface area contributed by atoms with Crippen LogP contribution in [-0.4, -0.2) is 48.1 Å². The maximum atomic E-state index is 11.6. The predicted octanol–water partition coefficient (Wildman–Crippen LogP) is 0.169. The summed E-state index contributed by atoms with van der Waals surface area (Å²) in [5, 5.41) is 0. The monoisotopic (exact) mass is 281 g/mol. The van der Waals surface area contributed by atoms with E-state index in [9.17, 15) is 13.2 Å². The summed E-state index contributed by atoms with van der Waals surface area (Å²) in [6.45, 7) is 0.689. The van der Waals surface area contributed by atoms with Crippen molar-refractivity contribution in [3.63, 3.8) is 0 Å². The van der Waals surface area contributed by atoms with Gasteiger partial charge in [-0.2, -0.15) is 0 Å². The van der Waals surface area contributed by atoms with Crippen molar-refractivity contribution in [3.8, 4) is 0 Å². The van der Waals surface area contributed by atoms with Crippen molar-refractivity contribution in [1.82, 2.24) is 4.90 Å². The Hall–Kier alpha value is -0.100. The number of halogens is 1. The van der Waals surface area contributed by atoms with Gasteiger partial charge >= 0.3 is 0 Å². The smallest absolute Gasteiger partial charge is 0.236 e. The number of alkyl halides is 1. The molecular formula is C8H12BrNO3S. The molecule has 2 fully saturated rings. The van der Waals surface area contributed by atoms with Crippen LogP contribution in [-0.2, 0) is 14.6 Å². The molecule has 14 heavy (non-hydrogen) atoms. The average Bonchev–Trinajstić information content (AvgIpc) is 2.59. The number of sulfone groups is 1. The van der Waals surface area contributed by atoms with E-state index in [1.807, 2.05) is 0 Å². The van der Waals surface area contributed by atoms with Crippen LogP contribution in [0.1, 0.15) is 12.8 Å². The first-order valence-electron chi connectivity index (χ1n) is 4.64. The second kappa shape index (κ2) is 3.48. The van der Waals surface area contributed by atoms with Crippen molar-refractivity contribution >= 4 is 31.7 Å². The van der Waals surface area contributed by atoms with Crippen molar-refractivity contribution in [2.45, 2.75) is 23.7 Å². The second-order valence-corrected chi connectivity index (χ2v) is 7.18. The van der Waals surface area contributed by atoms with Gasteiger partial charge in [0.05, 0.1) is 16.3 Å². The molecule has 0 aromatic heterocycles. The highest BCUT2D eigenvalue weighted by Gasteiger charge is 2.39. The molecule has 0 unspecified atom stereocenters. The molecule has 2 atom stereocenters. The SMILES string of the molecule is O=C1[C@H](Br)CCN1[C@@H]1CCS(=O)(=O)C1. The Morgan fingerprint density at radius 2 is 2.07 bits per heavy atom. The molecule has 0 bridgehead atoms. The van der Waals surface area contributed by atoms with Gasteiger partial charge in [0.15, 0.2) is 9.84 Å². The largest absolute Gasteiger partial charge is 0.338 e. The molecule has 80 valence electrons. The molecule has 0 spiro atoms. The summed E-state index contributed by atoms with van der Waals surface area (Å²) in [6, 6.07) is -0.0740. The summed E-state index contributed by atoms with van der Waals surface area (Å²) in [5.41, 5.74) is 0. The summed E-state index contributed by atoms with van der Waals surface area (Å²) in [4.78, 5) is 13.2. The number of carbonyl (C=O) groups excluding carboxylic acids is 1. The Morgan fingerprint density at radius 1 is 1.36 bits per heavy atom. The maximum absolute atomic E-state index is 11.6. The minimum atomic E-state index is -2.88. The predicted molar refractivity (Wildman–Crippen MR) is 56.1 cm³/mol. The van der Waals surface area contributed by atoms with Gasteiger partial charge in [-0.1, -0.05) is 15.9 Å². The van der Waals surface area contributed by atoms with Crippen LogP contribution in [0.2, 0.25) is 0 Å². The first-order chi connectivity index (χ1) is 6.49. The fraction of sp³-hybridized carbons (Fsp3) is 0.875. The van der Waals surface area contributed by atoms with Gasteiger partial charge in [-0.3, -0.25) is 4.79 Å². The van der Waals surface area contributed by atoms with Gasteiger partial charge in [-0.05, 0) is 12.8 Å². The number of hydrogen-bond donors (Lipinski definition) is 0. The van der Waals surface area contributed by atoms with E-state index in [1.54, 1.807) is 4.90 Å². The molecule has 0 aliphatic carbocycles. The highest BCUT2D eigenvalue weighted by molar-refractivity contribution is 9.10. The Labute approximate surface area is 91.7 Å². The first kappa shape index (κ1) is 10.4. The summed E-state index contributed by atoms with van der Waals surface area (Å²) < 4.78 is 22.5. The molecular weight excluding hydrogens is 270 g/mol. The Bertz CT molecular complexity index is 354. The van der Waals surface area contributed by atoms with E-state index < -0.39 is 9.84 Å². The number of likely N-dealkylation sites (tertiary alicyclic amines) is 1. The van der Waals surface area contributed by atoms with Gasteiger partial charge in [-0.15, -0.1) is 0 Å². The zero-order valence-corrected chi connectivity index (χ0v) is 10.1. The molecule has 0 radical (unpaired) electrons. The Kier molecular flexibility index (Phi) is 2.59. The first-order valence-corrected chi connectivity index (χ1v) is 7.38. The number of rotatable bonds is 1. The van der Waals surface area contributed by atoms with E-state index in [1.165, 1.54) is 0 Å². The summed E-state index contributed by atoms with van der Waals surface area (Å²) >= 11 is 3.28. The third kappa shape index (κ3) is 1.82. The van der Waals surface area contributed by atoms with E-state index in [-0.39, 0.29) is 28.3 Å². The summed E-state index contributed by atoms with van der Waals surface area (Å²) in [7, 11) is -2.88. The Balaban J connectivity index is 2.08. The second-order valence-electron chi connectivity index (χ2n) is 3.84. The molecule has 0 saturated carbocycles. The quantitative estimate of drug-likeness (QED) is 0.644. The molecule has 4 nitrogen and oxygen atoms in total. The van der Waals surface area contributed by atoms with Crippen LogP contribution in [0.5, 0.6) is 0 Å². The number of nitrogens with zero attached hydrogens (tertiary/aromatic N) is 1. The lowest BCUT2D eigenvalue weighted by Gasteiger charge is -2.22. The number of carbonyl (C=O) groups is 1. The van der Waals surface area contributed by atoms with Crippen molar-refractivity contribution in [1.29, 1.82) is 0 Å². The molecule has 2 aliphatic rings. The molecule has 0 aromatic rings. The molecule has 2 rings (SSSR count). The zero-order valence-electron chi connectivity index (χ0n) is 7.65. The van der Waals surface area contributed by atoms with Crippen LogP contribution in [0.4, 0.5) is 0 Å². The van der Waals surface area contributed by atoms with Gasteiger partial charge in [0.25, 0.3) is 0 Å². The lowest BCUT2D eigenvalue weighted by molar-refractivity contribution is -0.128. The van der Waals surface area contributed by atoms with Crippen molar-refractivity contribution < 1.29 is 13.2 Å². The highest BCUT2D eigenvalue weighted by Crippen LogP contribution is 2.25. The third-order valence-electron chi connectivity index (χ3n) is 2.82. The van der Waals surface area contributed by atoms with E-state index in [0.29, 0.717) is 13.0 Å². The Morgan fingerprint density at radius 3 is 2.50 bits per heavy atom. The lowest BCUT2D eigenvalue weighted by Crippen LogP contribution is -2.38. The standard InChI is InChI=1S/C8H12BrNO3S/c9-7-1-3-10(8(7)11)6-2-4-14(12,13)5-6/h6-7H,1-5H2/t6-,7-/m1/s1. The lowest BCUT2D eigenvalue weighted by atomic mass is 10.2. The van der Waals surface area contributed by atoms with Crippen LogP contribution in [0, 0.1) is 0 Å². The molecule has 1 amide bonds. The molecule has 2 saturated heterocycles. The average molecular weight is 282 g/mol. The van der Waals surface area contributed by atoms with Crippen LogP contribution < -0.4 is 0 Å². The normalized spacial score (nSPS) is 36.6. The van der Waals surface area contributed by atoms with Crippen molar-refractivity contribution in [2.75, 3.05) is 18.1 Å². The third-order valence-corrected chi connectivity index (χ3v) is 5.42. The number of amides is 1. The van der Waals surface area contributed by atoms with Crippen LogP contribution in [0.3, 0.4) is 0 Å². The van der Waals surface area contributed by atoms with Crippen molar-refractivity contribution in [3.05, 3.63) is 0 Å². The highest BCUT2D eigenvalue weighted by atomic mass is 79.9. The minimum absolute atomic E-state index is 0.0482. The van der Waals surface area contributed by atoms with Gasteiger partial charge in [-0.25, -0.2) is 8.42 Å². The number of hydrogen-bond acceptors (Lipinski definition) is 3. The molecule has 2 aliphatic heterocycles. The molecule has 0 aromatic carbocycles. The maximum Gasteiger partial charge on any atom is 0.236 e. The van der Waals surface area contributed by atoms with E-state index in [2.05, 4.69) is 15.9 Å². The molecule has 0 N–H and O–H groups in total. The fourth-order valence-corrected chi connectivity index (χ4v) is 4.25. The topological polar surface area (TPSA) is 54.5 Å². The van der Waals surface area contributed by atoms with Crippen molar-refractivity contribution in [2.24, 2.45) is 0 Å². The van der Waals surface area contributed by atoms with Gasteiger partial charge < -0.3 is 4.90 Å². The van der Waals surface area contributed by atoms with Crippen LogP contribution >= 0.6 is 15.9 Å². The fourth-order valence-electron chi connectivity index (χ4n) is 2.05. The summed E-state index contributed by atoms with van der Waals surface area (Å²) in [6.07, 6.45) is 1.39. The van der Waals surface area contributed by atoms with Gasteiger partial charge in [0, 0.05) is 12.6 Å². The van der Waals surface area contributed by atoms with E-state index in [0.717, 1.165) is 6.42 Å². The zero-order chi connectivity index (χ0) is 10.3. The van der Waals surface area contributed by atoms with Gasteiger partial charge in [0.1, 0.15) is 0 Å². The minimum Gasteiger partial charge on any atom is -0.338 e. The van der Waals surface area contributed by atoms with E-state index in [4.69, 9.17) is 0 Å². The van der Waals surface area contributed by atoms with Gasteiger partial charge in [0.2, 0.25) is 5.91 Å².